The summed E-state index contributed by atoms with van der Waals surface area (Å²) in [5, 5.41) is 3.89. The normalized spacial score (nSPS) is 16.5. The van der Waals surface area contributed by atoms with E-state index in [0.29, 0.717) is 41.0 Å². The highest BCUT2D eigenvalue weighted by atomic mass is 32.1. The van der Waals surface area contributed by atoms with Gasteiger partial charge in [0.25, 0.3) is 0 Å². The van der Waals surface area contributed by atoms with Gasteiger partial charge in [0.2, 0.25) is 0 Å². The molecule has 0 aromatic heterocycles. The average Bonchev–Trinajstić information content (AvgIpc) is 2.73. The number of carbonyl (C=O) groups is 1. The Morgan fingerprint density at radius 1 is 1.07 bits per heavy atom. The average molecular weight is 411 g/mol. The van der Waals surface area contributed by atoms with E-state index in [1.54, 1.807) is 0 Å². The molecule has 29 heavy (non-hydrogen) atoms. The van der Waals surface area contributed by atoms with Crippen LogP contribution < -0.4 is 14.8 Å². The van der Waals surface area contributed by atoms with Crippen molar-refractivity contribution in [2.75, 3.05) is 20.3 Å². The number of nitrogens with one attached hydrogen (secondary N) is 1. The second kappa shape index (κ2) is 9.09. The topological polar surface area (TPSA) is 50.8 Å². The number of hydrogen-bond acceptors (Lipinski definition) is 4. The van der Waals surface area contributed by atoms with Crippen LogP contribution in [0.3, 0.4) is 0 Å². The van der Waals surface area contributed by atoms with Crippen LogP contribution in [0.5, 0.6) is 11.5 Å². The van der Waals surface area contributed by atoms with Crippen molar-refractivity contribution in [3.8, 4) is 11.5 Å². The van der Waals surface area contributed by atoms with Crippen molar-refractivity contribution in [3.63, 3.8) is 0 Å². The number of Topliss-reactive ketones (excluding diaryl/α,β-unsaturated/α-hetero) is 1. The van der Waals surface area contributed by atoms with E-state index in [0.717, 1.165) is 11.3 Å². The van der Waals surface area contributed by atoms with Gasteiger partial charge in [-0.1, -0.05) is 36.4 Å². The highest BCUT2D eigenvalue weighted by molar-refractivity contribution is 7.80. The van der Waals surface area contributed by atoms with Crippen LogP contribution in [0.25, 0.3) is 0 Å². The number of nitrogens with zero attached hydrogens (tertiary/aromatic N) is 1. The van der Waals surface area contributed by atoms with Gasteiger partial charge in [-0.25, -0.2) is 0 Å². The van der Waals surface area contributed by atoms with Gasteiger partial charge < -0.3 is 19.7 Å². The molecule has 3 rings (SSSR count). The first kappa shape index (κ1) is 20.9. The Balaban J connectivity index is 2.09. The fourth-order valence-corrected chi connectivity index (χ4v) is 3.63. The fourth-order valence-electron chi connectivity index (χ4n) is 3.37. The Hall–Kier alpha value is -2.86. The molecule has 0 fully saturated rings. The maximum absolute atomic E-state index is 13.4. The van der Waals surface area contributed by atoms with E-state index < -0.39 is 0 Å². The SMILES string of the molecule is CCOc1ccc(C2NC(=S)N(C)C(C)=C2C(=O)c2ccccc2)cc1OCC. The van der Waals surface area contributed by atoms with Gasteiger partial charge in [0.05, 0.1) is 19.3 Å². The number of hydrogen-bond donors (Lipinski definition) is 1. The van der Waals surface area contributed by atoms with Crippen molar-refractivity contribution in [2.45, 2.75) is 26.8 Å². The molecule has 1 aliphatic rings. The summed E-state index contributed by atoms with van der Waals surface area (Å²) in [5.74, 6) is 1.31. The van der Waals surface area contributed by atoms with Gasteiger partial charge in [-0.2, -0.15) is 0 Å². The molecule has 0 amide bonds. The molecule has 0 saturated heterocycles. The van der Waals surface area contributed by atoms with Crippen LogP contribution in [0.1, 0.15) is 42.7 Å². The van der Waals surface area contributed by atoms with E-state index in [9.17, 15) is 4.79 Å². The summed E-state index contributed by atoms with van der Waals surface area (Å²) in [5.41, 5.74) is 3.04. The zero-order chi connectivity index (χ0) is 21.0. The van der Waals surface area contributed by atoms with Crippen LogP contribution in [0.4, 0.5) is 0 Å². The Bertz CT molecular complexity index is 940. The molecule has 1 unspecified atom stereocenters. The zero-order valence-electron chi connectivity index (χ0n) is 17.2. The van der Waals surface area contributed by atoms with Gasteiger partial charge in [-0.15, -0.1) is 0 Å². The van der Waals surface area contributed by atoms with Crippen molar-refractivity contribution < 1.29 is 14.3 Å². The van der Waals surface area contributed by atoms with Gasteiger partial charge in [-0.05, 0) is 50.7 Å². The minimum Gasteiger partial charge on any atom is -0.490 e. The molecule has 0 saturated carbocycles. The number of allylic oxidation sites excluding steroid dienone is 1. The van der Waals surface area contributed by atoms with Gasteiger partial charge in [0.15, 0.2) is 22.4 Å². The molecule has 1 N–H and O–H groups in total. The number of ether oxygens (including phenoxy) is 2. The first-order valence-corrected chi connectivity index (χ1v) is 10.1. The third-order valence-corrected chi connectivity index (χ3v) is 5.33. The van der Waals surface area contributed by atoms with Crippen molar-refractivity contribution in [3.05, 3.63) is 70.9 Å². The fraction of sp³-hybridized carbons (Fsp3) is 0.304. The molecule has 0 bridgehead atoms. The summed E-state index contributed by atoms with van der Waals surface area (Å²) in [4.78, 5) is 15.2. The third-order valence-electron chi connectivity index (χ3n) is 4.94. The second-order valence-electron chi connectivity index (χ2n) is 6.71. The lowest BCUT2D eigenvalue weighted by molar-refractivity contribution is 0.102. The summed E-state index contributed by atoms with van der Waals surface area (Å²) >= 11 is 5.50. The predicted molar refractivity (Wildman–Crippen MR) is 118 cm³/mol. The second-order valence-corrected chi connectivity index (χ2v) is 7.09. The largest absolute Gasteiger partial charge is 0.490 e. The van der Waals surface area contributed by atoms with Gasteiger partial charge >= 0.3 is 0 Å². The summed E-state index contributed by atoms with van der Waals surface area (Å²) in [6.45, 7) is 6.86. The van der Waals surface area contributed by atoms with E-state index in [2.05, 4.69) is 5.32 Å². The molecule has 1 heterocycles. The molecule has 0 spiro atoms. The molecule has 1 atom stereocenters. The highest BCUT2D eigenvalue weighted by Gasteiger charge is 2.33. The Morgan fingerprint density at radius 2 is 1.72 bits per heavy atom. The van der Waals surface area contributed by atoms with Crippen molar-refractivity contribution in [1.29, 1.82) is 0 Å². The molecular formula is C23H26N2O3S. The zero-order valence-corrected chi connectivity index (χ0v) is 18.0. The Kier molecular flexibility index (Phi) is 6.54. The minimum absolute atomic E-state index is 0.0261. The number of carbonyl (C=O) groups excluding carboxylic acids is 1. The van der Waals surface area contributed by atoms with Crippen molar-refractivity contribution in [2.24, 2.45) is 0 Å². The van der Waals surface area contributed by atoms with Crippen molar-refractivity contribution >= 4 is 23.1 Å². The van der Waals surface area contributed by atoms with Crippen LogP contribution in [0, 0.1) is 0 Å². The van der Waals surface area contributed by atoms with Crippen LogP contribution in [-0.4, -0.2) is 36.1 Å². The molecule has 2 aromatic carbocycles. The lowest BCUT2D eigenvalue weighted by Gasteiger charge is -2.36. The van der Waals surface area contributed by atoms with Crippen molar-refractivity contribution in [1.82, 2.24) is 10.2 Å². The number of rotatable bonds is 7. The molecule has 1 aliphatic heterocycles. The molecule has 6 heteroatoms. The maximum atomic E-state index is 13.4. The molecule has 2 aromatic rings. The van der Waals surface area contributed by atoms with Crippen LogP contribution in [0.15, 0.2) is 59.8 Å². The third kappa shape index (κ3) is 4.27. The predicted octanol–water partition coefficient (Wildman–Crippen LogP) is 4.50. The molecule has 152 valence electrons. The minimum atomic E-state index is -0.374. The van der Waals surface area contributed by atoms with Crippen LogP contribution >= 0.6 is 12.2 Å². The standard InChI is InChI=1S/C23H26N2O3S/c1-5-27-18-13-12-17(14-19(18)28-6-2)21-20(15(3)25(4)23(29)24-21)22(26)16-10-8-7-9-11-16/h7-14,21H,5-6H2,1-4H3,(H,24,29). The maximum Gasteiger partial charge on any atom is 0.193 e. The Labute approximate surface area is 177 Å². The monoisotopic (exact) mass is 410 g/mol. The first-order valence-electron chi connectivity index (χ1n) is 9.72. The molecule has 5 nitrogen and oxygen atoms in total. The first-order chi connectivity index (χ1) is 14.0. The summed E-state index contributed by atoms with van der Waals surface area (Å²) < 4.78 is 11.5. The quantitative estimate of drug-likeness (QED) is 0.536. The van der Waals surface area contributed by atoms with E-state index in [-0.39, 0.29) is 11.8 Å². The molecule has 0 radical (unpaired) electrons. The van der Waals surface area contributed by atoms with E-state index >= 15 is 0 Å². The highest BCUT2D eigenvalue weighted by Crippen LogP contribution is 2.36. The molecule has 0 aliphatic carbocycles. The van der Waals surface area contributed by atoms with E-state index in [4.69, 9.17) is 21.7 Å². The van der Waals surface area contributed by atoms with Crippen LogP contribution in [-0.2, 0) is 0 Å². The van der Waals surface area contributed by atoms with Gasteiger partial charge in [0.1, 0.15) is 0 Å². The van der Waals surface area contributed by atoms with E-state index in [1.165, 1.54) is 0 Å². The smallest absolute Gasteiger partial charge is 0.193 e. The lowest BCUT2D eigenvalue weighted by atomic mass is 9.89. The van der Waals surface area contributed by atoms with Gasteiger partial charge in [0, 0.05) is 23.9 Å². The summed E-state index contributed by atoms with van der Waals surface area (Å²) in [7, 11) is 1.86. The van der Waals surface area contributed by atoms with Gasteiger partial charge in [-0.3, -0.25) is 4.79 Å². The number of thiocarbonyl (C=S) groups is 1. The Morgan fingerprint density at radius 3 is 2.38 bits per heavy atom. The lowest BCUT2D eigenvalue weighted by Crippen LogP contribution is -2.45. The summed E-state index contributed by atoms with van der Waals surface area (Å²) in [6.07, 6.45) is 0. The van der Waals surface area contributed by atoms with Crippen LogP contribution in [0.2, 0.25) is 0 Å². The van der Waals surface area contributed by atoms with E-state index in [1.807, 2.05) is 81.2 Å². The molecular weight excluding hydrogens is 384 g/mol. The summed E-state index contributed by atoms with van der Waals surface area (Å²) in [6, 6.07) is 14.7. The number of benzene rings is 2. The number of ketones is 1.